The van der Waals surface area contributed by atoms with Gasteiger partial charge in [0.15, 0.2) is 0 Å². The van der Waals surface area contributed by atoms with E-state index in [0.29, 0.717) is 11.8 Å². The number of aromatic nitrogens is 2. The molecular formula is C27H29N3O. The Bertz CT molecular complexity index is 1060. The fourth-order valence-corrected chi connectivity index (χ4v) is 3.78. The fourth-order valence-electron chi connectivity index (χ4n) is 3.78. The Kier molecular flexibility index (Phi) is 6.90. The molecule has 4 aromatic rings. The van der Waals surface area contributed by atoms with E-state index < -0.39 is 0 Å². The van der Waals surface area contributed by atoms with Crippen molar-refractivity contribution >= 4 is 0 Å². The Morgan fingerprint density at radius 3 is 2.23 bits per heavy atom. The third-order valence-electron chi connectivity index (χ3n) is 5.56. The number of rotatable bonds is 9. The highest BCUT2D eigenvalue weighted by Gasteiger charge is 2.20. The van der Waals surface area contributed by atoms with Crippen molar-refractivity contribution in [2.45, 2.75) is 45.2 Å². The summed E-state index contributed by atoms with van der Waals surface area (Å²) in [5, 5.41) is 12.3. The van der Waals surface area contributed by atoms with Crippen molar-refractivity contribution in [1.82, 2.24) is 15.5 Å². The SMILES string of the molecule is Cc1ccc(-c2nnc(C(C)NC(CCCc3ccccc3)c3ccccc3)o2)cc1. The zero-order valence-electron chi connectivity index (χ0n) is 18.2. The van der Waals surface area contributed by atoms with Crippen molar-refractivity contribution in [1.29, 1.82) is 0 Å². The van der Waals surface area contributed by atoms with Crippen LogP contribution in [0, 0.1) is 6.92 Å². The van der Waals surface area contributed by atoms with E-state index in [1.54, 1.807) is 0 Å². The Morgan fingerprint density at radius 1 is 0.839 bits per heavy atom. The molecule has 0 amide bonds. The first-order chi connectivity index (χ1) is 15.2. The van der Waals surface area contributed by atoms with Crippen LogP contribution >= 0.6 is 0 Å². The smallest absolute Gasteiger partial charge is 0.247 e. The predicted molar refractivity (Wildman–Crippen MR) is 125 cm³/mol. The summed E-state index contributed by atoms with van der Waals surface area (Å²) in [6.07, 6.45) is 3.20. The summed E-state index contributed by atoms with van der Waals surface area (Å²) < 4.78 is 6.00. The topological polar surface area (TPSA) is 51.0 Å². The predicted octanol–water partition coefficient (Wildman–Crippen LogP) is 6.46. The lowest BCUT2D eigenvalue weighted by atomic mass is 9.98. The van der Waals surface area contributed by atoms with Gasteiger partial charge in [0.25, 0.3) is 0 Å². The highest BCUT2D eigenvalue weighted by molar-refractivity contribution is 5.52. The molecule has 2 atom stereocenters. The first kappa shape index (κ1) is 21.0. The van der Waals surface area contributed by atoms with E-state index in [-0.39, 0.29) is 12.1 Å². The minimum absolute atomic E-state index is 0.0476. The van der Waals surface area contributed by atoms with Crippen LogP contribution in [-0.4, -0.2) is 10.2 Å². The van der Waals surface area contributed by atoms with Crippen molar-refractivity contribution in [2.24, 2.45) is 0 Å². The average molecular weight is 412 g/mol. The molecule has 2 unspecified atom stereocenters. The van der Waals surface area contributed by atoms with Gasteiger partial charge in [-0.05, 0) is 56.4 Å². The Hall–Kier alpha value is -3.24. The lowest BCUT2D eigenvalue weighted by Gasteiger charge is -2.22. The van der Waals surface area contributed by atoms with Crippen LogP contribution in [0.15, 0.2) is 89.3 Å². The molecule has 158 valence electrons. The van der Waals surface area contributed by atoms with Crippen LogP contribution in [0.3, 0.4) is 0 Å². The average Bonchev–Trinajstić information content (AvgIpc) is 3.31. The zero-order valence-corrected chi connectivity index (χ0v) is 18.2. The second-order valence-electron chi connectivity index (χ2n) is 8.04. The van der Waals surface area contributed by atoms with Gasteiger partial charge in [0.05, 0.1) is 6.04 Å². The molecule has 1 heterocycles. The molecular weight excluding hydrogens is 382 g/mol. The molecule has 0 aliphatic heterocycles. The van der Waals surface area contributed by atoms with Gasteiger partial charge in [0.2, 0.25) is 11.8 Å². The number of hydrogen-bond acceptors (Lipinski definition) is 4. The monoisotopic (exact) mass is 411 g/mol. The van der Waals surface area contributed by atoms with E-state index in [1.807, 2.05) is 12.1 Å². The van der Waals surface area contributed by atoms with E-state index in [1.165, 1.54) is 16.7 Å². The Morgan fingerprint density at radius 2 is 1.52 bits per heavy atom. The molecule has 31 heavy (non-hydrogen) atoms. The van der Waals surface area contributed by atoms with Gasteiger partial charge in [-0.25, -0.2) is 0 Å². The number of nitrogens with zero attached hydrogens (tertiary/aromatic N) is 2. The summed E-state index contributed by atoms with van der Waals surface area (Å²) in [6.45, 7) is 4.15. The molecule has 0 bridgehead atoms. The van der Waals surface area contributed by atoms with Crippen LogP contribution < -0.4 is 5.32 Å². The maximum absolute atomic E-state index is 6.00. The minimum atomic E-state index is -0.0476. The van der Waals surface area contributed by atoms with E-state index in [9.17, 15) is 0 Å². The molecule has 4 nitrogen and oxygen atoms in total. The number of aryl methyl sites for hydroxylation is 2. The van der Waals surface area contributed by atoms with Crippen LogP contribution in [0.2, 0.25) is 0 Å². The normalized spacial score (nSPS) is 13.1. The van der Waals surface area contributed by atoms with Crippen LogP contribution in [0.4, 0.5) is 0 Å². The van der Waals surface area contributed by atoms with Crippen molar-refractivity contribution in [3.05, 3.63) is 108 Å². The van der Waals surface area contributed by atoms with Crippen LogP contribution in [0.1, 0.15) is 54.4 Å². The van der Waals surface area contributed by atoms with Gasteiger partial charge in [-0.3, -0.25) is 5.32 Å². The third kappa shape index (κ3) is 5.68. The van der Waals surface area contributed by atoms with Crippen molar-refractivity contribution in [3.8, 4) is 11.5 Å². The molecule has 4 heteroatoms. The quantitative estimate of drug-likeness (QED) is 0.343. The second-order valence-corrected chi connectivity index (χ2v) is 8.04. The standard InChI is InChI=1S/C27H29N3O/c1-20-16-18-24(19-17-20)27-30-29-26(31-27)21(2)28-25(23-13-7-4-8-14-23)15-9-12-22-10-5-3-6-11-22/h3-8,10-11,13-14,16-19,21,25,28H,9,12,15H2,1-2H3. The van der Waals surface area contributed by atoms with Crippen molar-refractivity contribution < 1.29 is 4.42 Å². The Labute approximate surface area is 184 Å². The lowest BCUT2D eigenvalue weighted by molar-refractivity contribution is 0.370. The molecule has 0 aliphatic carbocycles. The molecule has 0 fully saturated rings. The van der Waals surface area contributed by atoms with Gasteiger partial charge in [-0.2, -0.15) is 0 Å². The molecule has 1 N–H and O–H groups in total. The highest BCUT2D eigenvalue weighted by Crippen LogP contribution is 2.26. The van der Waals surface area contributed by atoms with Gasteiger partial charge >= 0.3 is 0 Å². The van der Waals surface area contributed by atoms with Crippen LogP contribution in [0.5, 0.6) is 0 Å². The fraction of sp³-hybridized carbons (Fsp3) is 0.259. The number of hydrogen-bond donors (Lipinski definition) is 1. The summed E-state index contributed by atoms with van der Waals surface area (Å²) in [5.74, 6) is 1.17. The largest absolute Gasteiger partial charge is 0.419 e. The Balaban J connectivity index is 1.44. The minimum Gasteiger partial charge on any atom is -0.419 e. The van der Waals surface area contributed by atoms with E-state index in [0.717, 1.165) is 24.8 Å². The molecule has 0 radical (unpaired) electrons. The van der Waals surface area contributed by atoms with Gasteiger partial charge in [0, 0.05) is 11.6 Å². The van der Waals surface area contributed by atoms with Crippen molar-refractivity contribution in [2.75, 3.05) is 0 Å². The number of benzene rings is 3. The summed E-state index contributed by atoms with van der Waals surface area (Å²) in [7, 11) is 0. The van der Waals surface area contributed by atoms with E-state index in [2.05, 4.69) is 102 Å². The molecule has 1 aromatic heterocycles. The van der Waals surface area contributed by atoms with Gasteiger partial charge in [0.1, 0.15) is 0 Å². The van der Waals surface area contributed by atoms with E-state index in [4.69, 9.17) is 4.42 Å². The van der Waals surface area contributed by atoms with Gasteiger partial charge in [-0.15, -0.1) is 10.2 Å². The highest BCUT2D eigenvalue weighted by atomic mass is 16.4. The maximum atomic E-state index is 6.00. The summed E-state index contributed by atoms with van der Waals surface area (Å²) in [5.41, 5.74) is 4.81. The molecule has 0 saturated heterocycles. The molecule has 3 aromatic carbocycles. The number of nitrogens with one attached hydrogen (secondary N) is 1. The molecule has 0 aliphatic rings. The maximum Gasteiger partial charge on any atom is 0.247 e. The van der Waals surface area contributed by atoms with E-state index >= 15 is 0 Å². The van der Waals surface area contributed by atoms with Crippen LogP contribution in [0.25, 0.3) is 11.5 Å². The summed E-state index contributed by atoms with van der Waals surface area (Å²) in [4.78, 5) is 0. The second kappa shape index (κ2) is 10.2. The molecule has 4 rings (SSSR count). The molecule has 0 saturated carbocycles. The lowest BCUT2D eigenvalue weighted by Crippen LogP contribution is -2.25. The van der Waals surface area contributed by atoms with Crippen LogP contribution in [-0.2, 0) is 6.42 Å². The van der Waals surface area contributed by atoms with Crippen molar-refractivity contribution in [3.63, 3.8) is 0 Å². The zero-order chi connectivity index (χ0) is 21.5. The summed E-state index contributed by atoms with van der Waals surface area (Å²) >= 11 is 0. The first-order valence-electron chi connectivity index (χ1n) is 10.9. The van der Waals surface area contributed by atoms with Gasteiger partial charge < -0.3 is 4.42 Å². The first-order valence-corrected chi connectivity index (χ1v) is 10.9. The molecule has 0 spiro atoms. The summed E-state index contributed by atoms with van der Waals surface area (Å²) in [6, 6.07) is 29.6. The third-order valence-corrected chi connectivity index (χ3v) is 5.56. The van der Waals surface area contributed by atoms with Gasteiger partial charge in [-0.1, -0.05) is 78.4 Å².